The summed E-state index contributed by atoms with van der Waals surface area (Å²) in [5, 5.41) is 25.2. The molecule has 0 amide bonds. The average Bonchev–Trinajstić information content (AvgIpc) is 2.74. The maximum atomic E-state index is 9.73. The predicted molar refractivity (Wildman–Crippen MR) is 61.4 cm³/mol. The van der Waals surface area contributed by atoms with E-state index in [1.54, 1.807) is 12.1 Å². The Kier molecular flexibility index (Phi) is 2.58. The summed E-state index contributed by atoms with van der Waals surface area (Å²) < 4.78 is 4.94. The van der Waals surface area contributed by atoms with Crippen LogP contribution >= 0.6 is 0 Å². The first-order valence-electron chi connectivity index (χ1n) is 4.78. The van der Waals surface area contributed by atoms with Crippen LogP contribution in [0.4, 0.5) is 5.82 Å². The van der Waals surface area contributed by atoms with E-state index in [0.717, 1.165) is 0 Å². The van der Waals surface area contributed by atoms with Crippen molar-refractivity contribution in [2.45, 2.75) is 0 Å². The summed E-state index contributed by atoms with van der Waals surface area (Å²) in [6, 6.07) is 6.63. The third kappa shape index (κ3) is 1.86. The lowest BCUT2D eigenvalue weighted by Crippen LogP contribution is -1.90. The standard InChI is InChI=1S/C11H10N4O2/c1-17-11-7(5-12)2-6(3-9(11)16)8-4-10(13)15-14-8/h2-4,16H,1H3,(H3,13,14,15). The number of rotatable bonds is 2. The number of phenols is 1. The number of phenolic OH excluding ortho intramolecular Hbond substituents is 1. The summed E-state index contributed by atoms with van der Waals surface area (Å²) in [7, 11) is 1.39. The number of aromatic hydroxyl groups is 1. The number of nitrogen functional groups attached to an aromatic ring is 1. The molecular formula is C11H10N4O2. The maximum Gasteiger partial charge on any atom is 0.178 e. The number of anilines is 1. The van der Waals surface area contributed by atoms with E-state index < -0.39 is 0 Å². The highest BCUT2D eigenvalue weighted by Gasteiger charge is 2.12. The van der Waals surface area contributed by atoms with Crippen molar-refractivity contribution in [3.8, 4) is 28.8 Å². The van der Waals surface area contributed by atoms with E-state index in [4.69, 9.17) is 15.7 Å². The molecule has 0 bridgehead atoms. The van der Waals surface area contributed by atoms with Crippen molar-refractivity contribution in [1.29, 1.82) is 5.26 Å². The molecular weight excluding hydrogens is 220 g/mol. The van der Waals surface area contributed by atoms with Crippen LogP contribution in [0.25, 0.3) is 11.3 Å². The molecule has 1 heterocycles. The van der Waals surface area contributed by atoms with Gasteiger partial charge in [0.1, 0.15) is 11.9 Å². The van der Waals surface area contributed by atoms with Gasteiger partial charge in [-0.05, 0) is 12.1 Å². The fourth-order valence-corrected chi connectivity index (χ4v) is 1.55. The van der Waals surface area contributed by atoms with Crippen molar-refractivity contribution >= 4 is 5.82 Å². The van der Waals surface area contributed by atoms with Crippen molar-refractivity contribution in [2.75, 3.05) is 12.8 Å². The second-order valence-corrected chi connectivity index (χ2v) is 3.39. The number of methoxy groups -OCH3 is 1. The molecule has 1 aromatic carbocycles. The highest BCUT2D eigenvalue weighted by atomic mass is 16.5. The maximum absolute atomic E-state index is 9.73. The van der Waals surface area contributed by atoms with Crippen molar-refractivity contribution in [1.82, 2.24) is 10.2 Å². The smallest absolute Gasteiger partial charge is 0.178 e. The fraction of sp³-hybridized carbons (Fsp3) is 0.0909. The number of nitrogens with two attached hydrogens (primary N) is 1. The average molecular weight is 230 g/mol. The Morgan fingerprint density at radius 2 is 2.24 bits per heavy atom. The van der Waals surface area contributed by atoms with Crippen LogP contribution in [0.2, 0.25) is 0 Å². The molecule has 6 heteroatoms. The summed E-state index contributed by atoms with van der Waals surface area (Å²) >= 11 is 0. The van der Waals surface area contributed by atoms with Gasteiger partial charge in [-0.15, -0.1) is 0 Å². The first-order chi connectivity index (χ1) is 8.15. The lowest BCUT2D eigenvalue weighted by molar-refractivity contribution is 0.372. The zero-order valence-corrected chi connectivity index (χ0v) is 9.06. The number of hydrogen-bond donors (Lipinski definition) is 3. The number of benzene rings is 1. The molecule has 1 aromatic heterocycles. The van der Waals surface area contributed by atoms with Gasteiger partial charge in [0.15, 0.2) is 11.5 Å². The third-order valence-corrected chi connectivity index (χ3v) is 2.30. The van der Waals surface area contributed by atoms with Crippen LogP contribution in [0.3, 0.4) is 0 Å². The number of aromatic amines is 1. The normalized spacial score (nSPS) is 9.88. The van der Waals surface area contributed by atoms with E-state index in [1.165, 1.54) is 13.2 Å². The van der Waals surface area contributed by atoms with Gasteiger partial charge in [-0.25, -0.2) is 0 Å². The molecule has 86 valence electrons. The van der Waals surface area contributed by atoms with Gasteiger partial charge in [0.2, 0.25) is 0 Å². The first-order valence-corrected chi connectivity index (χ1v) is 4.78. The van der Waals surface area contributed by atoms with Gasteiger partial charge < -0.3 is 15.6 Å². The van der Waals surface area contributed by atoms with E-state index >= 15 is 0 Å². The van der Waals surface area contributed by atoms with Gasteiger partial charge >= 0.3 is 0 Å². The van der Waals surface area contributed by atoms with E-state index in [0.29, 0.717) is 17.1 Å². The molecule has 2 aromatic rings. The van der Waals surface area contributed by atoms with Gasteiger partial charge in [0.25, 0.3) is 0 Å². The highest BCUT2D eigenvalue weighted by molar-refractivity contribution is 5.69. The van der Waals surface area contributed by atoms with Crippen LogP contribution in [0.1, 0.15) is 5.56 Å². The molecule has 17 heavy (non-hydrogen) atoms. The second-order valence-electron chi connectivity index (χ2n) is 3.39. The molecule has 0 saturated heterocycles. The molecule has 0 aliphatic heterocycles. The second kappa shape index (κ2) is 4.06. The Morgan fingerprint density at radius 3 is 2.76 bits per heavy atom. The topological polar surface area (TPSA) is 108 Å². The van der Waals surface area contributed by atoms with Crippen molar-refractivity contribution < 1.29 is 9.84 Å². The molecule has 6 nitrogen and oxygen atoms in total. The van der Waals surface area contributed by atoms with Gasteiger partial charge in [-0.2, -0.15) is 10.4 Å². The number of hydrogen-bond acceptors (Lipinski definition) is 5. The molecule has 2 rings (SSSR count). The van der Waals surface area contributed by atoms with E-state index in [-0.39, 0.29) is 17.1 Å². The Bertz CT molecular complexity index is 598. The molecule has 0 fully saturated rings. The zero-order chi connectivity index (χ0) is 12.4. The Hall–Kier alpha value is -2.68. The summed E-state index contributed by atoms with van der Waals surface area (Å²) in [6.07, 6.45) is 0. The lowest BCUT2D eigenvalue weighted by atomic mass is 10.1. The van der Waals surface area contributed by atoms with Crippen LogP contribution in [0, 0.1) is 11.3 Å². The largest absolute Gasteiger partial charge is 0.504 e. The van der Waals surface area contributed by atoms with Crippen LogP contribution in [-0.2, 0) is 0 Å². The van der Waals surface area contributed by atoms with Crippen molar-refractivity contribution in [2.24, 2.45) is 0 Å². The molecule has 0 aliphatic rings. The van der Waals surface area contributed by atoms with E-state index in [2.05, 4.69) is 10.2 Å². The third-order valence-electron chi connectivity index (χ3n) is 2.30. The highest BCUT2D eigenvalue weighted by Crippen LogP contribution is 2.34. The van der Waals surface area contributed by atoms with Gasteiger partial charge in [0, 0.05) is 11.6 Å². The molecule has 0 radical (unpaired) electrons. The zero-order valence-electron chi connectivity index (χ0n) is 9.06. The molecule has 0 unspecified atom stereocenters. The SMILES string of the molecule is COc1c(O)cc(-c2cc(N)n[nH]2)cc1C#N. The van der Waals surface area contributed by atoms with E-state index in [9.17, 15) is 5.11 Å². The number of ether oxygens (including phenoxy) is 1. The number of aromatic nitrogens is 2. The lowest BCUT2D eigenvalue weighted by Gasteiger charge is -2.07. The van der Waals surface area contributed by atoms with Crippen LogP contribution in [0.5, 0.6) is 11.5 Å². The summed E-state index contributed by atoms with van der Waals surface area (Å²) in [5.74, 6) is 0.396. The van der Waals surface area contributed by atoms with Crippen LogP contribution in [-0.4, -0.2) is 22.4 Å². The molecule has 0 atom stereocenters. The molecule has 0 saturated carbocycles. The minimum Gasteiger partial charge on any atom is -0.504 e. The summed E-state index contributed by atoms with van der Waals surface area (Å²) in [6.45, 7) is 0. The quantitative estimate of drug-likeness (QED) is 0.719. The van der Waals surface area contributed by atoms with Gasteiger partial charge in [-0.1, -0.05) is 0 Å². The monoisotopic (exact) mass is 230 g/mol. The van der Waals surface area contributed by atoms with Gasteiger partial charge in [0.05, 0.1) is 18.4 Å². The first kappa shape index (κ1) is 10.8. The number of nitrogens with zero attached hydrogens (tertiary/aromatic N) is 2. The molecule has 4 N–H and O–H groups in total. The Balaban J connectivity index is 2.58. The number of H-pyrrole nitrogens is 1. The number of nitriles is 1. The molecule has 0 spiro atoms. The van der Waals surface area contributed by atoms with Gasteiger partial charge in [-0.3, -0.25) is 5.10 Å². The minimum absolute atomic E-state index is 0.102. The Labute approximate surface area is 97.3 Å². The van der Waals surface area contributed by atoms with Crippen molar-refractivity contribution in [3.63, 3.8) is 0 Å². The van der Waals surface area contributed by atoms with Crippen LogP contribution in [0.15, 0.2) is 18.2 Å². The summed E-state index contributed by atoms with van der Waals surface area (Å²) in [4.78, 5) is 0. The predicted octanol–water partition coefficient (Wildman–Crippen LogP) is 1.24. The van der Waals surface area contributed by atoms with E-state index in [1.807, 2.05) is 6.07 Å². The Morgan fingerprint density at radius 1 is 1.47 bits per heavy atom. The minimum atomic E-state index is -0.102. The number of nitrogens with one attached hydrogen (secondary N) is 1. The van der Waals surface area contributed by atoms with Crippen molar-refractivity contribution in [3.05, 3.63) is 23.8 Å². The molecule has 0 aliphatic carbocycles. The fourth-order valence-electron chi connectivity index (χ4n) is 1.55. The van der Waals surface area contributed by atoms with Crippen LogP contribution < -0.4 is 10.5 Å². The summed E-state index contributed by atoms with van der Waals surface area (Å²) in [5.41, 5.74) is 6.97.